The van der Waals surface area contributed by atoms with Crippen molar-refractivity contribution in [3.8, 4) is 0 Å². The Hall–Kier alpha value is -4.21. The van der Waals surface area contributed by atoms with Gasteiger partial charge in [-0.2, -0.15) is 0 Å². The second-order valence-electron chi connectivity index (χ2n) is 9.37. The summed E-state index contributed by atoms with van der Waals surface area (Å²) in [5.41, 5.74) is 4.76. The highest BCUT2D eigenvalue weighted by Gasteiger charge is 2.35. The number of H-pyrrole nitrogens is 1. The molecule has 0 saturated carbocycles. The molecule has 2 heterocycles. The van der Waals surface area contributed by atoms with Gasteiger partial charge < -0.3 is 19.5 Å². The highest BCUT2D eigenvalue weighted by atomic mass is 35.5. The van der Waals surface area contributed by atoms with Crippen molar-refractivity contribution in [3.63, 3.8) is 0 Å². The first-order chi connectivity index (χ1) is 18.2. The van der Waals surface area contributed by atoms with E-state index in [4.69, 9.17) is 21.0 Å². The van der Waals surface area contributed by atoms with Gasteiger partial charge in [0.25, 0.3) is 0 Å². The van der Waals surface area contributed by atoms with Gasteiger partial charge in [0.2, 0.25) is 11.8 Å². The van der Waals surface area contributed by atoms with E-state index in [0.29, 0.717) is 45.3 Å². The number of nitrogens with one attached hydrogen (secondary N) is 2. The lowest BCUT2D eigenvalue weighted by Gasteiger charge is -2.23. The van der Waals surface area contributed by atoms with Gasteiger partial charge in [0.15, 0.2) is 5.58 Å². The molecular weight excluding hydrogens is 506 g/mol. The van der Waals surface area contributed by atoms with Gasteiger partial charge in [0.1, 0.15) is 5.92 Å². The number of halogens is 1. The molecule has 0 fully saturated rings. The lowest BCUT2D eigenvalue weighted by molar-refractivity contribution is -0.117. The summed E-state index contributed by atoms with van der Waals surface area (Å²) in [4.78, 5) is 48.4. The van der Waals surface area contributed by atoms with Crippen molar-refractivity contribution in [2.24, 2.45) is 4.99 Å². The minimum absolute atomic E-state index is 0.0528. The Labute approximate surface area is 223 Å². The molecule has 10 heteroatoms. The Bertz CT molecular complexity index is 1620. The number of aliphatic imine (C=N–C) groups is 1. The predicted molar refractivity (Wildman–Crippen MR) is 149 cm³/mol. The zero-order valence-electron chi connectivity index (χ0n) is 21.1. The van der Waals surface area contributed by atoms with Crippen molar-refractivity contribution >= 4 is 57.3 Å². The molecule has 1 aromatic heterocycles. The van der Waals surface area contributed by atoms with Crippen LogP contribution >= 0.6 is 11.6 Å². The summed E-state index contributed by atoms with van der Waals surface area (Å²) < 4.78 is 5.26. The topological polar surface area (TPSA) is 111 Å². The van der Waals surface area contributed by atoms with Crippen molar-refractivity contribution in [1.82, 2.24) is 9.88 Å². The van der Waals surface area contributed by atoms with Crippen LogP contribution in [0.3, 0.4) is 0 Å². The third-order valence-corrected chi connectivity index (χ3v) is 6.63. The van der Waals surface area contributed by atoms with Crippen LogP contribution in [0.15, 0.2) is 74.9 Å². The normalized spacial score (nSPS) is 15.1. The molecule has 0 aliphatic carbocycles. The van der Waals surface area contributed by atoms with Crippen LogP contribution in [0, 0.1) is 0 Å². The van der Waals surface area contributed by atoms with E-state index in [9.17, 15) is 14.4 Å². The fourth-order valence-electron chi connectivity index (χ4n) is 4.52. The quantitative estimate of drug-likeness (QED) is 0.340. The van der Waals surface area contributed by atoms with Crippen molar-refractivity contribution in [3.05, 3.63) is 87.4 Å². The Morgan fingerprint density at radius 1 is 1.03 bits per heavy atom. The Balaban J connectivity index is 1.58. The summed E-state index contributed by atoms with van der Waals surface area (Å²) >= 11 is 6.16. The molecule has 3 aromatic carbocycles. The van der Waals surface area contributed by atoms with Gasteiger partial charge in [-0.05, 0) is 68.2 Å². The van der Waals surface area contributed by atoms with Crippen LogP contribution < -0.4 is 16.0 Å². The minimum atomic E-state index is -0.709. The number of aromatic amines is 1. The van der Waals surface area contributed by atoms with Gasteiger partial charge in [0, 0.05) is 42.0 Å². The number of aromatic nitrogens is 1. The number of rotatable bonds is 7. The van der Waals surface area contributed by atoms with Crippen LogP contribution in [0.25, 0.3) is 11.1 Å². The summed E-state index contributed by atoms with van der Waals surface area (Å²) in [6.07, 6.45) is 0. The second kappa shape index (κ2) is 10.3. The summed E-state index contributed by atoms with van der Waals surface area (Å²) in [6, 6.07) is 17.8. The lowest BCUT2D eigenvalue weighted by Crippen LogP contribution is -2.35. The van der Waals surface area contributed by atoms with Crippen LogP contribution in [-0.2, 0) is 9.59 Å². The number of nitrogens with zero attached hydrogens (tertiary/aromatic N) is 3. The summed E-state index contributed by atoms with van der Waals surface area (Å²) in [7, 11) is 3.91. The molecule has 1 unspecified atom stereocenters. The molecule has 1 aliphatic heterocycles. The van der Waals surface area contributed by atoms with Crippen LogP contribution in [0.2, 0.25) is 5.02 Å². The largest absolute Gasteiger partial charge is 0.417 e. The number of amides is 2. The van der Waals surface area contributed by atoms with Crippen molar-refractivity contribution < 1.29 is 14.0 Å². The number of fused-ring (bicyclic) bond motifs is 2. The average molecular weight is 532 g/mol. The molecule has 0 spiro atoms. The van der Waals surface area contributed by atoms with E-state index in [1.54, 1.807) is 35.2 Å². The number of hydrogen-bond acceptors (Lipinski definition) is 6. The van der Waals surface area contributed by atoms with E-state index < -0.39 is 11.7 Å². The van der Waals surface area contributed by atoms with Gasteiger partial charge >= 0.3 is 5.76 Å². The first-order valence-corrected chi connectivity index (χ1v) is 12.4. The number of carbonyl (C=O) groups excluding carboxylic acids is 2. The monoisotopic (exact) mass is 531 g/mol. The molecule has 1 aliphatic rings. The maximum absolute atomic E-state index is 13.2. The summed E-state index contributed by atoms with van der Waals surface area (Å²) in [5.74, 6) is -1.56. The predicted octanol–water partition coefficient (Wildman–Crippen LogP) is 4.55. The summed E-state index contributed by atoms with van der Waals surface area (Å²) in [6.45, 7) is 2.82. The Morgan fingerprint density at radius 3 is 2.50 bits per heavy atom. The molecule has 194 valence electrons. The number of anilines is 2. The van der Waals surface area contributed by atoms with Gasteiger partial charge in [0.05, 0.1) is 16.9 Å². The smallest absolute Gasteiger partial charge is 0.408 e. The molecule has 1 atom stereocenters. The molecule has 4 aromatic rings. The van der Waals surface area contributed by atoms with E-state index >= 15 is 0 Å². The first kappa shape index (κ1) is 25.4. The minimum Gasteiger partial charge on any atom is -0.408 e. The zero-order chi connectivity index (χ0) is 27.0. The number of hydrogen-bond donors (Lipinski definition) is 2. The molecule has 2 amide bonds. The summed E-state index contributed by atoms with van der Waals surface area (Å²) in [5, 5.41) is 3.41. The molecule has 2 N–H and O–H groups in total. The highest BCUT2D eigenvalue weighted by Crippen LogP contribution is 2.38. The van der Waals surface area contributed by atoms with Crippen molar-refractivity contribution in [2.75, 3.05) is 37.4 Å². The van der Waals surface area contributed by atoms with Gasteiger partial charge in [-0.25, -0.2) is 4.79 Å². The molecule has 0 saturated heterocycles. The number of carbonyl (C=O) groups is 2. The van der Waals surface area contributed by atoms with E-state index in [1.165, 1.54) is 6.92 Å². The third kappa shape index (κ3) is 5.11. The molecular formula is C28H26ClN5O4. The highest BCUT2D eigenvalue weighted by molar-refractivity contribution is 6.31. The number of oxazole rings is 1. The fourth-order valence-corrected chi connectivity index (χ4v) is 4.69. The van der Waals surface area contributed by atoms with Gasteiger partial charge in [-0.15, -0.1) is 0 Å². The maximum atomic E-state index is 13.2. The van der Waals surface area contributed by atoms with Crippen LogP contribution in [0.4, 0.5) is 17.1 Å². The van der Waals surface area contributed by atoms with E-state index in [0.717, 1.165) is 17.8 Å². The molecule has 38 heavy (non-hydrogen) atoms. The molecule has 9 nitrogen and oxygen atoms in total. The molecule has 0 radical (unpaired) electrons. The number of benzene rings is 3. The number of likely N-dealkylation sites (N-methyl/N-ethyl adjacent to an activating group) is 1. The van der Waals surface area contributed by atoms with E-state index in [1.807, 2.05) is 49.3 Å². The van der Waals surface area contributed by atoms with E-state index in [-0.39, 0.29) is 11.8 Å². The second-order valence-corrected chi connectivity index (χ2v) is 9.80. The van der Waals surface area contributed by atoms with Crippen molar-refractivity contribution in [2.45, 2.75) is 12.8 Å². The first-order valence-electron chi connectivity index (χ1n) is 12.0. The average Bonchev–Trinajstić information content (AvgIpc) is 3.40. The SMILES string of the molecule is CC(=O)N(CCN(C)C)c1ccc(N=C(c2ccc3[nH]c(=O)oc3c2)C2C(=O)Nc3cc(Cl)ccc32)cc1. The van der Waals surface area contributed by atoms with Gasteiger partial charge in [-0.1, -0.05) is 23.7 Å². The van der Waals surface area contributed by atoms with Crippen LogP contribution in [0.5, 0.6) is 0 Å². The van der Waals surface area contributed by atoms with Crippen LogP contribution in [-0.4, -0.2) is 54.6 Å². The van der Waals surface area contributed by atoms with Gasteiger partial charge in [-0.3, -0.25) is 19.6 Å². The molecule has 0 bridgehead atoms. The van der Waals surface area contributed by atoms with E-state index in [2.05, 4.69) is 10.3 Å². The lowest BCUT2D eigenvalue weighted by atomic mass is 9.90. The Morgan fingerprint density at radius 2 is 1.79 bits per heavy atom. The Kier molecular flexibility index (Phi) is 6.88. The zero-order valence-corrected chi connectivity index (χ0v) is 21.9. The molecule has 5 rings (SSSR count). The van der Waals surface area contributed by atoms with Crippen LogP contribution in [0.1, 0.15) is 24.0 Å². The maximum Gasteiger partial charge on any atom is 0.417 e. The third-order valence-electron chi connectivity index (χ3n) is 6.40. The standard InChI is InChI=1S/C28H26ClN5O4/c1-16(35)34(13-12-33(2)3)20-8-6-19(7-9-20)30-26(17-4-11-22-24(14-17)38-28(37)32-22)25-21-10-5-18(29)15-23(21)31-27(25)36/h4-11,14-15,25H,12-13H2,1-3H3,(H,31,36)(H,32,37). The fraction of sp³-hybridized carbons (Fsp3) is 0.214. The van der Waals surface area contributed by atoms with Crippen molar-refractivity contribution in [1.29, 1.82) is 0 Å².